The van der Waals surface area contributed by atoms with Crippen LogP contribution in [-0.2, 0) is 9.59 Å². The van der Waals surface area contributed by atoms with Crippen LogP contribution in [0.1, 0.15) is 35.6 Å². The lowest BCUT2D eigenvalue weighted by molar-refractivity contribution is -0.134. The number of methoxy groups -OCH3 is 2. The lowest BCUT2D eigenvalue weighted by Crippen LogP contribution is -2.51. The van der Waals surface area contributed by atoms with Gasteiger partial charge >= 0.3 is 0 Å². The normalized spacial score (nSPS) is 18.8. The third-order valence-corrected chi connectivity index (χ3v) is 7.31. The van der Waals surface area contributed by atoms with E-state index in [1.807, 2.05) is 55.1 Å². The first kappa shape index (κ1) is 26.0. The Bertz CT molecular complexity index is 1060. The van der Waals surface area contributed by atoms with Gasteiger partial charge in [-0.25, -0.2) is 0 Å². The highest BCUT2D eigenvalue weighted by atomic mass is 16.5. The maximum Gasteiger partial charge on any atom is 0.238 e. The van der Waals surface area contributed by atoms with Crippen molar-refractivity contribution in [2.45, 2.75) is 32.7 Å². The number of nitrogens with one attached hydrogen (secondary N) is 1. The summed E-state index contributed by atoms with van der Waals surface area (Å²) in [4.78, 5) is 32.3. The molecule has 2 aliphatic rings. The van der Waals surface area contributed by atoms with Gasteiger partial charge in [-0.3, -0.25) is 19.4 Å². The van der Waals surface area contributed by atoms with Crippen LogP contribution in [0.25, 0.3) is 0 Å². The van der Waals surface area contributed by atoms with E-state index < -0.39 is 0 Å². The summed E-state index contributed by atoms with van der Waals surface area (Å²) in [6.45, 7) is 8.59. The van der Waals surface area contributed by atoms with Crippen molar-refractivity contribution in [1.29, 1.82) is 0 Å². The van der Waals surface area contributed by atoms with Crippen LogP contribution in [0.15, 0.2) is 36.4 Å². The zero-order valence-electron chi connectivity index (χ0n) is 21.9. The average Bonchev–Trinajstić information content (AvgIpc) is 3.37. The molecule has 0 unspecified atom stereocenters. The first-order chi connectivity index (χ1) is 17.4. The molecule has 8 nitrogen and oxygen atoms in total. The van der Waals surface area contributed by atoms with E-state index in [1.54, 1.807) is 14.2 Å². The van der Waals surface area contributed by atoms with Gasteiger partial charge in [0.1, 0.15) is 11.5 Å². The van der Waals surface area contributed by atoms with Crippen molar-refractivity contribution in [3.8, 4) is 11.5 Å². The topological polar surface area (TPSA) is 74.4 Å². The average molecular weight is 495 g/mol. The van der Waals surface area contributed by atoms with Gasteiger partial charge < -0.3 is 19.7 Å². The molecule has 2 aromatic rings. The molecule has 2 amide bonds. The molecule has 0 aromatic heterocycles. The Labute approximate surface area is 214 Å². The fourth-order valence-corrected chi connectivity index (χ4v) is 5.27. The zero-order valence-corrected chi connectivity index (χ0v) is 21.9. The Kier molecular flexibility index (Phi) is 8.48. The second kappa shape index (κ2) is 11.8. The molecule has 2 aliphatic heterocycles. The smallest absolute Gasteiger partial charge is 0.238 e. The summed E-state index contributed by atoms with van der Waals surface area (Å²) in [7, 11) is 3.31. The number of likely N-dealkylation sites (tertiary alicyclic amines) is 1. The molecule has 2 saturated heterocycles. The van der Waals surface area contributed by atoms with Gasteiger partial charge in [0.15, 0.2) is 0 Å². The number of nitrogens with zero attached hydrogens (tertiary/aromatic N) is 3. The highest BCUT2D eigenvalue weighted by Gasteiger charge is 2.33. The van der Waals surface area contributed by atoms with Crippen LogP contribution in [0.4, 0.5) is 5.69 Å². The molecular formula is C28H38N4O4. The number of anilines is 1. The molecule has 2 aromatic carbocycles. The van der Waals surface area contributed by atoms with Crippen molar-refractivity contribution in [2.75, 3.05) is 65.3 Å². The summed E-state index contributed by atoms with van der Waals surface area (Å²) in [6.07, 6.45) is 1.89. The van der Waals surface area contributed by atoms with E-state index in [0.717, 1.165) is 79.4 Å². The van der Waals surface area contributed by atoms with Gasteiger partial charge in [0.25, 0.3) is 0 Å². The van der Waals surface area contributed by atoms with Gasteiger partial charge in [0.05, 0.1) is 33.4 Å². The molecule has 2 fully saturated rings. The van der Waals surface area contributed by atoms with E-state index in [-0.39, 0.29) is 17.9 Å². The maximum absolute atomic E-state index is 13.3. The molecule has 8 heteroatoms. The second-order valence-corrected chi connectivity index (χ2v) is 9.72. The van der Waals surface area contributed by atoms with E-state index in [2.05, 4.69) is 15.1 Å². The van der Waals surface area contributed by atoms with E-state index >= 15 is 0 Å². The van der Waals surface area contributed by atoms with Crippen LogP contribution in [0.5, 0.6) is 11.5 Å². The van der Waals surface area contributed by atoms with Crippen LogP contribution in [-0.4, -0.2) is 86.5 Å². The zero-order chi connectivity index (χ0) is 25.7. The molecule has 0 spiro atoms. The Morgan fingerprint density at radius 3 is 2.22 bits per heavy atom. The predicted molar refractivity (Wildman–Crippen MR) is 141 cm³/mol. The first-order valence-electron chi connectivity index (χ1n) is 12.7. The summed E-state index contributed by atoms with van der Waals surface area (Å²) in [5.41, 5.74) is 4.04. The number of hydrogen-bond donors (Lipinski definition) is 1. The Balaban J connectivity index is 1.29. The first-order valence-corrected chi connectivity index (χ1v) is 12.7. The molecule has 0 saturated carbocycles. The molecular weight excluding hydrogens is 456 g/mol. The largest absolute Gasteiger partial charge is 0.497 e. The number of carbonyl (C=O) groups excluding carboxylic acids is 2. The number of hydrogen-bond acceptors (Lipinski definition) is 6. The molecule has 0 aliphatic carbocycles. The van der Waals surface area contributed by atoms with Crippen LogP contribution in [0.3, 0.4) is 0 Å². The van der Waals surface area contributed by atoms with Crippen LogP contribution in [0.2, 0.25) is 0 Å². The molecule has 1 N–H and O–H groups in total. The predicted octanol–water partition coefficient (Wildman–Crippen LogP) is 3.24. The summed E-state index contributed by atoms with van der Waals surface area (Å²) in [6, 6.07) is 11.8. The van der Waals surface area contributed by atoms with Crippen molar-refractivity contribution in [1.82, 2.24) is 14.7 Å². The lowest BCUT2D eigenvalue weighted by Gasteiger charge is -2.35. The van der Waals surface area contributed by atoms with E-state index in [0.29, 0.717) is 13.1 Å². The fourth-order valence-electron chi connectivity index (χ4n) is 5.27. The van der Waals surface area contributed by atoms with Crippen LogP contribution in [0, 0.1) is 13.8 Å². The number of carbonyl (C=O) groups is 2. The van der Waals surface area contributed by atoms with E-state index in [1.165, 1.54) is 0 Å². The Hall–Kier alpha value is -3.10. The molecule has 4 rings (SSSR count). The fraction of sp³-hybridized carbons (Fsp3) is 0.500. The van der Waals surface area contributed by atoms with Gasteiger partial charge in [-0.1, -0.05) is 18.2 Å². The van der Waals surface area contributed by atoms with E-state index in [9.17, 15) is 9.59 Å². The number of benzene rings is 2. The SMILES string of the molecule is COc1ccc(OC)c([C@H]2CCCN2C(=O)CN2CCN(CC(=O)Nc3c(C)cccc3C)CC2)c1. The Morgan fingerprint density at radius 1 is 0.917 bits per heavy atom. The highest BCUT2D eigenvalue weighted by molar-refractivity contribution is 5.93. The van der Waals surface area contributed by atoms with Gasteiger partial charge in [-0.15, -0.1) is 0 Å². The summed E-state index contributed by atoms with van der Waals surface area (Å²) in [5.74, 6) is 1.70. The molecule has 0 bridgehead atoms. The third kappa shape index (κ3) is 5.99. The van der Waals surface area contributed by atoms with Gasteiger partial charge in [-0.2, -0.15) is 0 Å². The third-order valence-electron chi connectivity index (χ3n) is 7.31. The summed E-state index contributed by atoms with van der Waals surface area (Å²) in [5, 5.41) is 3.07. The number of ether oxygens (including phenoxy) is 2. The maximum atomic E-state index is 13.3. The quantitative estimate of drug-likeness (QED) is 0.607. The van der Waals surface area contributed by atoms with Crippen molar-refractivity contribution < 1.29 is 19.1 Å². The standard InChI is InChI=1S/C28H38N4O4/c1-20-7-5-8-21(2)28(20)29-26(33)18-30-13-15-31(16-14-30)19-27(34)32-12-6-9-24(32)23-17-22(35-3)10-11-25(23)36-4/h5,7-8,10-11,17,24H,6,9,12-16,18-19H2,1-4H3,(H,29,33)/t24-/m1/s1. The molecule has 0 radical (unpaired) electrons. The molecule has 194 valence electrons. The number of para-hydroxylation sites is 1. The monoisotopic (exact) mass is 494 g/mol. The minimum absolute atomic E-state index is 0.00238. The van der Waals surface area contributed by atoms with Crippen LogP contribution < -0.4 is 14.8 Å². The van der Waals surface area contributed by atoms with E-state index in [4.69, 9.17) is 9.47 Å². The summed E-state index contributed by atoms with van der Waals surface area (Å²) >= 11 is 0. The number of rotatable bonds is 8. The van der Waals surface area contributed by atoms with Crippen molar-refractivity contribution >= 4 is 17.5 Å². The Morgan fingerprint density at radius 2 is 1.58 bits per heavy atom. The number of aryl methyl sites for hydroxylation is 2. The second-order valence-electron chi connectivity index (χ2n) is 9.72. The minimum atomic E-state index is -0.00238. The summed E-state index contributed by atoms with van der Waals surface area (Å²) < 4.78 is 11.0. The van der Waals surface area contributed by atoms with Crippen LogP contribution >= 0.6 is 0 Å². The number of amides is 2. The lowest BCUT2D eigenvalue weighted by atomic mass is 10.0. The number of piperazine rings is 1. The molecule has 2 heterocycles. The molecule has 1 atom stereocenters. The van der Waals surface area contributed by atoms with Gasteiger partial charge in [-0.05, 0) is 56.0 Å². The minimum Gasteiger partial charge on any atom is -0.497 e. The van der Waals surface area contributed by atoms with Gasteiger partial charge in [0, 0.05) is 44.0 Å². The van der Waals surface area contributed by atoms with Crippen molar-refractivity contribution in [3.05, 3.63) is 53.1 Å². The van der Waals surface area contributed by atoms with Crippen molar-refractivity contribution in [3.63, 3.8) is 0 Å². The van der Waals surface area contributed by atoms with Gasteiger partial charge in [0.2, 0.25) is 11.8 Å². The highest BCUT2D eigenvalue weighted by Crippen LogP contribution is 2.39. The molecule has 36 heavy (non-hydrogen) atoms. The van der Waals surface area contributed by atoms with Crippen molar-refractivity contribution in [2.24, 2.45) is 0 Å².